The molecule has 2 rings (SSSR count). The first kappa shape index (κ1) is 20.8. The van der Waals surface area contributed by atoms with E-state index in [1.165, 1.54) is 0 Å². The molecule has 0 radical (unpaired) electrons. The molecule has 2 aliphatic heterocycles. The van der Waals surface area contributed by atoms with E-state index in [1.54, 1.807) is 11.8 Å². The van der Waals surface area contributed by atoms with Crippen LogP contribution in [-0.4, -0.2) is 65.6 Å². The van der Waals surface area contributed by atoms with Crippen molar-refractivity contribution in [2.24, 2.45) is 0 Å². The summed E-state index contributed by atoms with van der Waals surface area (Å²) in [5.74, 6) is 1.45. The second-order valence-electron chi connectivity index (χ2n) is 6.22. The number of nitrogens with one attached hydrogen (secondary N) is 3. The van der Waals surface area contributed by atoms with Crippen molar-refractivity contribution in [3.05, 3.63) is 11.5 Å². The van der Waals surface area contributed by atoms with Crippen LogP contribution in [0.3, 0.4) is 0 Å². The molecule has 0 aromatic carbocycles. The summed E-state index contributed by atoms with van der Waals surface area (Å²) in [7, 11) is -0.464. The standard InChI is InChI=1S/C17H25N3O4S2/c21-13-4-3-6-18-17(24)14-5-8-25-7-1-2-9-26(11-13)12-16(23)19-10-15(22)20-14/h2,9,14H,1,3-8,10-12H2,(H2-,18,19,20,22,23,24)/p+1. The average Bonchev–Trinajstić information content (AvgIpc) is 2.60. The summed E-state index contributed by atoms with van der Waals surface area (Å²) in [5.41, 5.74) is 0. The lowest BCUT2D eigenvalue weighted by atomic mass is 10.2. The Kier molecular flexibility index (Phi) is 9.04. The van der Waals surface area contributed by atoms with Gasteiger partial charge in [0.2, 0.25) is 11.8 Å². The van der Waals surface area contributed by atoms with Gasteiger partial charge < -0.3 is 16.0 Å². The Morgan fingerprint density at radius 1 is 1.04 bits per heavy atom. The normalized spacial score (nSPS) is 27.4. The maximum absolute atomic E-state index is 12.4. The van der Waals surface area contributed by atoms with Gasteiger partial charge in [0, 0.05) is 23.9 Å². The highest BCUT2D eigenvalue weighted by molar-refractivity contribution is 8.00. The number of hydrogen-bond donors (Lipinski definition) is 3. The second kappa shape index (κ2) is 11.3. The number of rotatable bonds is 0. The summed E-state index contributed by atoms with van der Waals surface area (Å²) < 4.78 is 0. The molecule has 2 bridgehead atoms. The fourth-order valence-corrected chi connectivity index (χ4v) is 5.23. The third-order valence-electron chi connectivity index (χ3n) is 3.96. The van der Waals surface area contributed by atoms with E-state index in [0.717, 1.165) is 17.9 Å². The third-order valence-corrected chi connectivity index (χ3v) is 6.91. The Bertz CT molecular complexity index is 568. The van der Waals surface area contributed by atoms with Crippen LogP contribution in [0.4, 0.5) is 0 Å². The zero-order valence-corrected chi connectivity index (χ0v) is 16.4. The minimum Gasteiger partial charge on any atom is -0.354 e. The number of ketones is 1. The van der Waals surface area contributed by atoms with Crippen molar-refractivity contribution in [1.82, 2.24) is 16.0 Å². The third kappa shape index (κ3) is 7.82. The van der Waals surface area contributed by atoms with E-state index in [4.69, 9.17) is 0 Å². The molecule has 0 aromatic rings. The number of fused-ring (bicyclic) bond motifs is 7. The van der Waals surface area contributed by atoms with E-state index >= 15 is 0 Å². The van der Waals surface area contributed by atoms with Gasteiger partial charge in [-0.1, -0.05) is 0 Å². The molecular weight excluding hydrogens is 374 g/mol. The van der Waals surface area contributed by atoms with Crippen molar-refractivity contribution in [2.75, 3.05) is 36.1 Å². The number of carbonyl (C=O) groups is 4. The molecule has 9 heteroatoms. The van der Waals surface area contributed by atoms with Crippen molar-refractivity contribution in [1.29, 1.82) is 0 Å². The Morgan fingerprint density at radius 3 is 2.73 bits per heavy atom. The van der Waals surface area contributed by atoms with Crippen molar-refractivity contribution < 1.29 is 19.2 Å². The largest absolute Gasteiger partial charge is 0.354 e. The van der Waals surface area contributed by atoms with Crippen LogP contribution < -0.4 is 16.0 Å². The molecule has 0 aromatic heterocycles. The summed E-state index contributed by atoms with van der Waals surface area (Å²) in [6.45, 7) is 0.246. The molecule has 2 heterocycles. The minimum absolute atomic E-state index is 0.0992. The van der Waals surface area contributed by atoms with Gasteiger partial charge in [-0.2, -0.15) is 11.8 Å². The molecule has 2 atom stereocenters. The molecule has 3 amide bonds. The molecule has 2 aliphatic rings. The lowest BCUT2D eigenvalue weighted by molar-refractivity contribution is -0.129. The molecular formula is C17H26N3O4S2+. The Balaban J connectivity index is 2.20. The summed E-state index contributed by atoms with van der Waals surface area (Å²) in [4.78, 5) is 48.8. The maximum Gasteiger partial charge on any atom is 0.270 e. The second-order valence-corrected chi connectivity index (χ2v) is 9.37. The van der Waals surface area contributed by atoms with Gasteiger partial charge in [-0.3, -0.25) is 19.2 Å². The van der Waals surface area contributed by atoms with Crippen LogP contribution in [0.1, 0.15) is 25.7 Å². The molecule has 0 aliphatic carbocycles. The smallest absolute Gasteiger partial charge is 0.270 e. The van der Waals surface area contributed by atoms with Gasteiger partial charge in [0.05, 0.1) is 6.54 Å². The number of thioether (sulfide) groups is 1. The molecule has 144 valence electrons. The molecule has 7 nitrogen and oxygen atoms in total. The van der Waals surface area contributed by atoms with Crippen molar-refractivity contribution in [3.8, 4) is 0 Å². The van der Waals surface area contributed by atoms with E-state index in [2.05, 4.69) is 16.0 Å². The van der Waals surface area contributed by atoms with Crippen molar-refractivity contribution in [3.63, 3.8) is 0 Å². The van der Waals surface area contributed by atoms with Gasteiger partial charge in [0.1, 0.15) is 11.4 Å². The summed E-state index contributed by atoms with van der Waals surface area (Å²) >= 11 is 1.73. The first-order valence-corrected chi connectivity index (χ1v) is 11.6. The summed E-state index contributed by atoms with van der Waals surface area (Å²) in [6.07, 6.45) is 4.37. The fourth-order valence-electron chi connectivity index (χ4n) is 2.62. The van der Waals surface area contributed by atoms with E-state index in [-0.39, 0.29) is 35.8 Å². The SMILES string of the molecule is O=C1CCCNC(=O)C2CCSCCC=C[S+](C1)CC(=O)NCC(=O)N2. The van der Waals surface area contributed by atoms with Gasteiger partial charge in [0.15, 0.2) is 17.3 Å². The number of amides is 3. The Morgan fingerprint density at radius 2 is 1.88 bits per heavy atom. The first-order valence-electron chi connectivity index (χ1n) is 8.81. The molecule has 1 fully saturated rings. The minimum atomic E-state index is -0.622. The van der Waals surface area contributed by atoms with Gasteiger partial charge >= 0.3 is 0 Å². The number of carbonyl (C=O) groups excluding carboxylic acids is 4. The lowest BCUT2D eigenvalue weighted by Gasteiger charge is -2.18. The highest BCUT2D eigenvalue weighted by Crippen LogP contribution is 2.10. The summed E-state index contributed by atoms with van der Waals surface area (Å²) in [5, 5.41) is 10.1. The van der Waals surface area contributed by atoms with Crippen LogP contribution in [-0.2, 0) is 30.1 Å². The van der Waals surface area contributed by atoms with Crippen LogP contribution in [0.15, 0.2) is 11.5 Å². The predicted molar refractivity (Wildman–Crippen MR) is 105 cm³/mol. The maximum atomic E-state index is 12.4. The van der Waals surface area contributed by atoms with E-state index in [0.29, 0.717) is 31.6 Å². The molecule has 2 unspecified atom stereocenters. The van der Waals surface area contributed by atoms with Crippen LogP contribution in [0.5, 0.6) is 0 Å². The Hall–Kier alpha value is -1.48. The zero-order valence-electron chi connectivity index (χ0n) is 14.8. The van der Waals surface area contributed by atoms with Crippen LogP contribution in [0.25, 0.3) is 0 Å². The molecule has 0 spiro atoms. The van der Waals surface area contributed by atoms with Crippen LogP contribution in [0.2, 0.25) is 0 Å². The molecule has 0 saturated carbocycles. The van der Waals surface area contributed by atoms with E-state index < -0.39 is 16.9 Å². The quantitative estimate of drug-likeness (QED) is 0.486. The fraction of sp³-hybridized carbons (Fsp3) is 0.647. The number of allylic oxidation sites excluding steroid dienone is 1. The van der Waals surface area contributed by atoms with E-state index in [1.807, 2.05) is 11.5 Å². The van der Waals surface area contributed by atoms with Crippen molar-refractivity contribution >= 4 is 46.2 Å². The highest BCUT2D eigenvalue weighted by atomic mass is 32.2. The van der Waals surface area contributed by atoms with Gasteiger partial charge in [-0.05, 0) is 36.8 Å². The van der Waals surface area contributed by atoms with Gasteiger partial charge in [0.25, 0.3) is 5.91 Å². The van der Waals surface area contributed by atoms with Crippen molar-refractivity contribution in [2.45, 2.75) is 31.7 Å². The van der Waals surface area contributed by atoms with Crippen LogP contribution >= 0.6 is 11.8 Å². The highest BCUT2D eigenvalue weighted by Gasteiger charge is 2.26. The van der Waals surface area contributed by atoms with E-state index in [9.17, 15) is 19.2 Å². The van der Waals surface area contributed by atoms with Crippen LogP contribution in [0, 0.1) is 0 Å². The molecule has 26 heavy (non-hydrogen) atoms. The lowest BCUT2D eigenvalue weighted by Crippen LogP contribution is -2.50. The average molecular weight is 401 g/mol. The van der Waals surface area contributed by atoms with Gasteiger partial charge in [-0.25, -0.2) is 0 Å². The number of hydrogen-bond acceptors (Lipinski definition) is 5. The number of Topliss-reactive ketones (excluding diaryl/α,β-unsaturated/α-hetero) is 1. The first-order chi connectivity index (χ1) is 12.5. The topological polar surface area (TPSA) is 104 Å². The summed E-state index contributed by atoms with van der Waals surface area (Å²) in [6, 6.07) is -0.622. The predicted octanol–water partition coefficient (Wildman–Crippen LogP) is -0.274. The molecule has 3 N–H and O–H groups in total. The Labute approximate surface area is 160 Å². The monoisotopic (exact) mass is 400 g/mol. The zero-order chi connectivity index (χ0) is 18.8. The van der Waals surface area contributed by atoms with Gasteiger partial charge in [-0.15, -0.1) is 0 Å². The molecule has 1 saturated heterocycles.